The van der Waals surface area contributed by atoms with Gasteiger partial charge < -0.3 is 20.5 Å². The number of fused-ring (bicyclic) bond motifs is 1. The van der Waals surface area contributed by atoms with Crippen LogP contribution in [0.2, 0.25) is 0 Å². The number of aliphatic hydroxyl groups excluding tert-OH is 1. The molecule has 1 atom stereocenters. The molecule has 1 unspecified atom stereocenters. The zero-order valence-corrected chi connectivity index (χ0v) is 14.8. The highest BCUT2D eigenvalue weighted by Crippen LogP contribution is 2.31. The summed E-state index contributed by atoms with van der Waals surface area (Å²) in [4.78, 5) is 4.72. The predicted octanol–water partition coefficient (Wildman–Crippen LogP) is 3.69. The second-order valence-corrected chi connectivity index (χ2v) is 5.93. The Hall–Kier alpha value is -2.86. The predicted molar refractivity (Wildman–Crippen MR) is 104 cm³/mol. The highest BCUT2D eigenvalue weighted by Gasteiger charge is 2.10. The number of aromatic nitrogens is 1. The first-order chi connectivity index (χ1) is 12.6. The van der Waals surface area contributed by atoms with Crippen LogP contribution in [0.4, 0.5) is 15.8 Å². The van der Waals surface area contributed by atoms with Crippen molar-refractivity contribution in [2.24, 2.45) is 0 Å². The van der Waals surface area contributed by atoms with Crippen molar-refractivity contribution in [1.82, 2.24) is 4.98 Å². The van der Waals surface area contributed by atoms with Gasteiger partial charge in [0.2, 0.25) is 0 Å². The quantitative estimate of drug-likeness (QED) is 0.603. The number of nitrogens with one attached hydrogen (secondary N) is 2. The minimum atomic E-state index is -1.14. The lowest BCUT2D eigenvalue weighted by molar-refractivity contribution is 0.0845. The van der Waals surface area contributed by atoms with Gasteiger partial charge in [-0.15, -0.1) is 0 Å². The maximum Gasteiger partial charge on any atom is 0.143 e. The summed E-state index contributed by atoms with van der Waals surface area (Å²) >= 11 is 0. The monoisotopic (exact) mass is 355 g/mol. The van der Waals surface area contributed by atoms with Gasteiger partial charge >= 0.3 is 0 Å². The fourth-order valence-electron chi connectivity index (χ4n) is 2.68. The number of alkyl halides is 1. The number of hydrogen-bond acceptors (Lipinski definition) is 5. The van der Waals surface area contributed by atoms with Gasteiger partial charge in [0.1, 0.15) is 25.1 Å². The second-order valence-electron chi connectivity index (χ2n) is 5.93. The van der Waals surface area contributed by atoms with Crippen molar-refractivity contribution in [3.63, 3.8) is 0 Å². The zero-order valence-electron chi connectivity index (χ0n) is 14.8. The maximum absolute atomic E-state index is 12.5. The van der Waals surface area contributed by atoms with Gasteiger partial charge in [-0.25, -0.2) is 9.37 Å². The van der Waals surface area contributed by atoms with Crippen molar-refractivity contribution in [3.05, 3.63) is 48.5 Å². The molecule has 0 radical (unpaired) electrons. The molecule has 26 heavy (non-hydrogen) atoms. The molecular weight excluding hydrogens is 333 g/mol. The Morgan fingerprint density at radius 1 is 1.08 bits per heavy atom. The third kappa shape index (κ3) is 3.86. The van der Waals surface area contributed by atoms with Gasteiger partial charge in [0.05, 0.1) is 16.9 Å². The molecule has 0 saturated carbocycles. The second kappa shape index (κ2) is 8.01. The lowest BCUT2D eigenvalue weighted by Crippen LogP contribution is -2.19. The highest BCUT2D eigenvalue weighted by atomic mass is 19.1. The van der Waals surface area contributed by atoms with Gasteiger partial charge in [0.15, 0.2) is 0 Å². The van der Waals surface area contributed by atoms with Crippen LogP contribution in [0.3, 0.4) is 0 Å². The minimum absolute atomic E-state index is 0.105. The third-order valence-corrected chi connectivity index (χ3v) is 4.13. The maximum atomic E-state index is 12.5. The highest BCUT2D eigenvalue weighted by molar-refractivity contribution is 5.85. The number of halogens is 1. The van der Waals surface area contributed by atoms with Crippen LogP contribution in [0.1, 0.15) is 0 Å². The number of nitrogens with zero attached hydrogens (tertiary/aromatic N) is 1. The molecule has 0 aliphatic rings. The molecule has 2 aromatic carbocycles. The van der Waals surface area contributed by atoms with Crippen molar-refractivity contribution >= 4 is 22.3 Å². The number of benzene rings is 2. The Labute approximate surface area is 151 Å². The van der Waals surface area contributed by atoms with Crippen LogP contribution in [0.5, 0.6) is 5.75 Å². The molecule has 0 saturated heterocycles. The number of aliphatic hydroxyl groups is 1. The van der Waals surface area contributed by atoms with Gasteiger partial charge in [-0.2, -0.15) is 0 Å². The van der Waals surface area contributed by atoms with Crippen molar-refractivity contribution in [2.45, 2.75) is 6.10 Å². The van der Waals surface area contributed by atoms with Crippen LogP contribution in [0.15, 0.2) is 48.5 Å². The van der Waals surface area contributed by atoms with E-state index >= 15 is 0 Å². The summed E-state index contributed by atoms with van der Waals surface area (Å²) in [5, 5.41) is 16.6. The van der Waals surface area contributed by atoms with Gasteiger partial charge in [-0.3, -0.25) is 0 Å². The smallest absolute Gasteiger partial charge is 0.143 e. The van der Waals surface area contributed by atoms with E-state index in [1.165, 1.54) is 0 Å². The number of hydrogen-bond donors (Lipinski definition) is 3. The first kappa shape index (κ1) is 17.9. The summed E-state index contributed by atoms with van der Waals surface area (Å²) < 4.78 is 18.0. The van der Waals surface area contributed by atoms with E-state index in [2.05, 4.69) is 10.6 Å². The van der Waals surface area contributed by atoms with E-state index in [0.29, 0.717) is 5.75 Å². The van der Waals surface area contributed by atoms with Crippen molar-refractivity contribution in [1.29, 1.82) is 0 Å². The van der Waals surface area contributed by atoms with E-state index in [9.17, 15) is 9.50 Å². The fraction of sp³-hybridized carbons (Fsp3) is 0.250. The SMILES string of the molecule is CNc1ccc2nc(-c3ccc(NC)c(OCC(O)CF)c3)ccc2c1. The van der Waals surface area contributed by atoms with Gasteiger partial charge in [-0.05, 0) is 36.4 Å². The van der Waals surface area contributed by atoms with Gasteiger partial charge in [0.25, 0.3) is 0 Å². The molecule has 0 fully saturated rings. The molecule has 1 heterocycles. The average Bonchev–Trinajstić information content (AvgIpc) is 2.70. The van der Waals surface area contributed by atoms with Crippen LogP contribution >= 0.6 is 0 Å². The molecule has 0 aliphatic heterocycles. The van der Waals surface area contributed by atoms with Gasteiger partial charge in [0, 0.05) is 30.7 Å². The molecule has 136 valence electrons. The summed E-state index contributed by atoms with van der Waals surface area (Å²) in [6, 6.07) is 15.6. The molecule has 0 bridgehead atoms. The number of ether oxygens (including phenoxy) is 1. The molecule has 1 aromatic heterocycles. The van der Waals surface area contributed by atoms with Crippen molar-refractivity contribution < 1.29 is 14.2 Å². The van der Waals surface area contributed by atoms with Crippen molar-refractivity contribution in [3.8, 4) is 17.0 Å². The molecule has 0 spiro atoms. The molecule has 3 N–H and O–H groups in total. The molecule has 6 heteroatoms. The zero-order chi connectivity index (χ0) is 18.5. The molecular formula is C20H22FN3O2. The summed E-state index contributed by atoms with van der Waals surface area (Å²) in [6.07, 6.45) is -1.14. The van der Waals surface area contributed by atoms with E-state index in [-0.39, 0.29) is 6.61 Å². The fourth-order valence-corrected chi connectivity index (χ4v) is 2.68. The van der Waals surface area contributed by atoms with E-state index in [1.54, 1.807) is 7.05 Å². The van der Waals surface area contributed by atoms with Crippen LogP contribution in [0, 0.1) is 0 Å². The van der Waals surface area contributed by atoms with E-state index in [1.807, 2.05) is 55.6 Å². The van der Waals surface area contributed by atoms with Crippen LogP contribution in [-0.4, -0.2) is 43.6 Å². The lowest BCUT2D eigenvalue weighted by atomic mass is 10.1. The van der Waals surface area contributed by atoms with Gasteiger partial charge in [-0.1, -0.05) is 12.1 Å². The normalized spacial score (nSPS) is 12.0. The number of rotatable bonds is 7. The summed E-state index contributed by atoms with van der Waals surface area (Å²) in [5.74, 6) is 0.546. The standard InChI is InChI=1S/C20H22FN3O2/c1-22-15-5-8-18-13(9-15)3-6-17(24-18)14-4-7-19(23-2)20(10-14)26-12-16(25)11-21/h3-10,16,22-23,25H,11-12H2,1-2H3. The van der Waals surface area contributed by atoms with Crippen molar-refractivity contribution in [2.75, 3.05) is 38.0 Å². The number of pyridine rings is 1. The Morgan fingerprint density at radius 2 is 1.92 bits per heavy atom. The molecule has 5 nitrogen and oxygen atoms in total. The largest absolute Gasteiger partial charge is 0.489 e. The summed E-state index contributed by atoms with van der Waals surface area (Å²) in [6.45, 7) is -0.942. The Kier molecular flexibility index (Phi) is 5.53. The van der Waals surface area contributed by atoms with Crippen LogP contribution in [0.25, 0.3) is 22.2 Å². The Balaban J connectivity index is 1.94. The molecule has 3 rings (SSSR count). The Bertz CT molecular complexity index is 901. The topological polar surface area (TPSA) is 66.4 Å². The lowest BCUT2D eigenvalue weighted by Gasteiger charge is -2.14. The van der Waals surface area contributed by atoms with E-state index in [0.717, 1.165) is 33.5 Å². The van der Waals surface area contributed by atoms with E-state index < -0.39 is 12.8 Å². The molecule has 3 aromatic rings. The first-order valence-corrected chi connectivity index (χ1v) is 8.42. The van der Waals surface area contributed by atoms with Crippen LogP contribution < -0.4 is 15.4 Å². The molecule has 0 aliphatic carbocycles. The van der Waals surface area contributed by atoms with Crippen LogP contribution in [-0.2, 0) is 0 Å². The van der Waals surface area contributed by atoms with E-state index in [4.69, 9.17) is 9.72 Å². The average molecular weight is 355 g/mol. The summed E-state index contributed by atoms with van der Waals surface area (Å²) in [5.41, 5.74) is 4.39. The summed E-state index contributed by atoms with van der Waals surface area (Å²) in [7, 11) is 3.66. The molecule has 0 amide bonds. The third-order valence-electron chi connectivity index (χ3n) is 4.13. The Morgan fingerprint density at radius 3 is 2.65 bits per heavy atom. The number of anilines is 2. The first-order valence-electron chi connectivity index (χ1n) is 8.42. The minimum Gasteiger partial charge on any atom is -0.489 e.